The molecule has 3 aromatic carbocycles. The molecule has 7 heteroatoms. The summed E-state index contributed by atoms with van der Waals surface area (Å²) in [5, 5.41) is 17.1. The van der Waals surface area contributed by atoms with Gasteiger partial charge in [0, 0.05) is 25.3 Å². The molecule has 3 atom stereocenters. The number of benzene rings is 3. The van der Waals surface area contributed by atoms with Crippen LogP contribution in [0, 0.1) is 5.92 Å². The van der Waals surface area contributed by atoms with E-state index in [4.69, 9.17) is 9.16 Å². The molecule has 0 aromatic heterocycles. The maximum atomic E-state index is 13.5. The number of aliphatic hydroxyl groups excluding tert-OH is 1. The summed E-state index contributed by atoms with van der Waals surface area (Å²) in [6.45, 7) is 4.53. The van der Waals surface area contributed by atoms with E-state index in [0.29, 0.717) is 36.8 Å². The highest BCUT2D eigenvalue weighted by atomic mass is 16.5. The Kier molecular flexibility index (Phi) is 6.81. The van der Waals surface area contributed by atoms with Gasteiger partial charge in [-0.2, -0.15) is 0 Å². The fourth-order valence-electron chi connectivity index (χ4n) is 5.75. The first-order chi connectivity index (χ1) is 18.1. The van der Waals surface area contributed by atoms with Gasteiger partial charge in [0.15, 0.2) is 6.61 Å². The minimum Gasteiger partial charge on any atom is -0.471 e. The Balaban J connectivity index is 1.16. The summed E-state index contributed by atoms with van der Waals surface area (Å²) in [6, 6.07) is 19.9. The first kappa shape index (κ1) is 23.9. The SMILES string of the molecule is O=C(N[C@H](CN1CCCC1)[C@H](O)c1ccc2c(c1)[O+]=CCO2)[C@@H]1CCN(c2ccc3ccccc3c2)C1. The minimum atomic E-state index is -0.849. The maximum Gasteiger partial charge on any atom is 0.394 e. The molecule has 6 rings (SSSR count). The zero-order chi connectivity index (χ0) is 25.2. The van der Waals surface area contributed by atoms with E-state index in [-0.39, 0.29) is 11.8 Å². The van der Waals surface area contributed by atoms with Crippen molar-refractivity contribution in [2.24, 2.45) is 5.92 Å². The second-order valence-electron chi connectivity index (χ2n) is 10.3. The number of rotatable bonds is 7. The van der Waals surface area contributed by atoms with E-state index >= 15 is 0 Å². The summed E-state index contributed by atoms with van der Waals surface area (Å²) >= 11 is 0. The number of aliphatic hydroxyl groups is 1. The van der Waals surface area contributed by atoms with Crippen LogP contribution in [0.1, 0.15) is 30.9 Å². The molecule has 0 spiro atoms. The van der Waals surface area contributed by atoms with Crippen LogP contribution in [-0.2, 0) is 9.22 Å². The smallest absolute Gasteiger partial charge is 0.394 e. The van der Waals surface area contributed by atoms with Crippen molar-refractivity contribution in [3.05, 3.63) is 66.2 Å². The molecule has 1 amide bonds. The molecule has 2 fully saturated rings. The van der Waals surface area contributed by atoms with E-state index in [2.05, 4.69) is 57.6 Å². The van der Waals surface area contributed by atoms with Crippen LogP contribution in [0.2, 0.25) is 0 Å². The first-order valence-electron chi connectivity index (χ1n) is 13.3. The summed E-state index contributed by atoms with van der Waals surface area (Å²) in [5.74, 6) is 1.15. The summed E-state index contributed by atoms with van der Waals surface area (Å²) in [4.78, 5) is 18.1. The minimum absolute atomic E-state index is 0.0115. The third-order valence-electron chi connectivity index (χ3n) is 7.85. The molecule has 37 heavy (non-hydrogen) atoms. The van der Waals surface area contributed by atoms with Gasteiger partial charge in [0.05, 0.1) is 18.0 Å². The van der Waals surface area contributed by atoms with Gasteiger partial charge in [-0.25, -0.2) is 4.42 Å². The highest BCUT2D eigenvalue weighted by Gasteiger charge is 2.34. The van der Waals surface area contributed by atoms with Crippen molar-refractivity contribution in [3.63, 3.8) is 0 Å². The lowest BCUT2D eigenvalue weighted by Gasteiger charge is -2.29. The van der Waals surface area contributed by atoms with Crippen molar-refractivity contribution in [1.29, 1.82) is 0 Å². The van der Waals surface area contributed by atoms with E-state index in [1.54, 1.807) is 6.29 Å². The van der Waals surface area contributed by atoms with Gasteiger partial charge in [0.25, 0.3) is 0 Å². The van der Waals surface area contributed by atoms with Crippen LogP contribution >= 0.6 is 0 Å². The second kappa shape index (κ2) is 10.5. The van der Waals surface area contributed by atoms with Gasteiger partial charge >= 0.3 is 12.0 Å². The number of nitrogens with one attached hydrogen (secondary N) is 1. The summed E-state index contributed by atoms with van der Waals surface area (Å²) < 4.78 is 11.2. The Morgan fingerprint density at radius 1 is 1.05 bits per heavy atom. The van der Waals surface area contributed by atoms with Gasteiger partial charge in [0.1, 0.15) is 6.10 Å². The van der Waals surface area contributed by atoms with Gasteiger partial charge < -0.3 is 25.0 Å². The topological polar surface area (TPSA) is 76.3 Å². The molecule has 0 unspecified atom stereocenters. The molecule has 0 saturated carbocycles. The Labute approximate surface area is 217 Å². The van der Waals surface area contributed by atoms with Crippen molar-refractivity contribution < 1.29 is 19.1 Å². The lowest BCUT2D eigenvalue weighted by Crippen LogP contribution is -2.48. The van der Waals surface area contributed by atoms with Crippen LogP contribution in [0.15, 0.2) is 60.7 Å². The number of nitrogens with zero attached hydrogens (tertiary/aromatic N) is 2. The number of aldehydes is 1. The number of hydrogen-bond donors (Lipinski definition) is 2. The Morgan fingerprint density at radius 2 is 1.89 bits per heavy atom. The van der Waals surface area contributed by atoms with E-state index in [1.165, 1.54) is 10.8 Å². The molecular formula is C30H34N3O4+. The van der Waals surface area contributed by atoms with Crippen molar-refractivity contribution in [3.8, 4) is 11.5 Å². The fourth-order valence-corrected chi connectivity index (χ4v) is 5.75. The second-order valence-corrected chi connectivity index (χ2v) is 10.3. The lowest BCUT2D eigenvalue weighted by atomic mass is 9.99. The van der Waals surface area contributed by atoms with Gasteiger partial charge in [-0.05, 0) is 66.9 Å². The zero-order valence-electron chi connectivity index (χ0n) is 21.0. The normalized spacial score (nSPS) is 21.0. The van der Waals surface area contributed by atoms with Gasteiger partial charge in [-0.3, -0.25) is 4.79 Å². The van der Waals surface area contributed by atoms with E-state index in [0.717, 1.165) is 44.6 Å². The number of anilines is 1. The average molecular weight is 501 g/mol. The Morgan fingerprint density at radius 3 is 2.76 bits per heavy atom. The fraction of sp³-hybridized carbons (Fsp3) is 0.400. The van der Waals surface area contributed by atoms with Gasteiger partial charge in [-0.15, -0.1) is 0 Å². The lowest BCUT2D eigenvalue weighted by molar-refractivity contribution is -0.367. The molecule has 2 N–H and O–H groups in total. The van der Waals surface area contributed by atoms with Crippen LogP contribution in [-0.4, -0.2) is 67.6 Å². The number of carbonyl (C=O) groups excluding carboxylic acids is 2. The highest BCUT2D eigenvalue weighted by molar-refractivity contribution is 5.86. The van der Waals surface area contributed by atoms with Crippen molar-refractivity contribution >= 4 is 28.7 Å². The standard InChI is InChI=1S/C30H33N3O4/c34-29(23-8-10-27-28(18-23)37-16-15-36-27)26(20-32-12-3-4-13-32)31-30(35)24-11-14-33(19-24)25-9-7-21-5-1-2-6-22(21)17-25/h1-2,5-10,16-18,24,26,29,34H,3-4,11-15,19-20H2/p+1/t24-,26-,29-/m1/s1. The number of ether oxygens (including phenoxy) is 1. The van der Waals surface area contributed by atoms with E-state index < -0.39 is 12.1 Å². The molecule has 192 valence electrons. The molecule has 3 aromatic rings. The number of fused-ring (bicyclic) bond motifs is 2. The summed E-state index contributed by atoms with van der Waals surface area (Å²) in [6.07, 6.45) is 3.85. The quantitative estimate of drug-likeness (QED) is 0.381. The predicted octanol–water partition coefficient (Wildman–Crippen LogP) is 3.82. The first-order valence-corrected chi connectivity index (χ1v) is 13.3. The third-order valence-corrected chi connectivity index (χ3v) is 7.85. The van der Waals surface area contributed by atoms with Crippen LogP contribution in [0.5, 0.6) is 11.5 Å². The molecule has 0 bridgehead atoms. The Bertz CT molecular complexity index is 1300. The predicted molar refractivity (Wildman–Crippen MR) is 144 cm³/mol. The van der Waals surface area contributed by atoms with Crippen LogP contribution in [0.3, 0.4) is 0 Å². The zero-order valence-corrected chi connectivity index (χ0v) is 21.0. The number of amides is 1. The van der Waals surface area contributed by atoms with E-state index in [9.17, 15) is 9.90 Å². The molecule has 7 nitrogen and oxygen atoms in total. The van der Waals surface area contributed by atoms with Crippen LogP contribution < -0.4 is 15.0 Å². The summed E-state index contributed by atoms with van der Waals surface area (Å²) in [5.41, 5.74) is 1.86. The maximum absolute atomic E-state index is 13.5. The molecule has 2 saturated heterocycles. The average Bonchev–Trinajstić information content (AvgIpc) is 3.64. The molecule has 0 aliphatic carbocycles. The molecular weight excluding hydrogens is 466 g/mol. The highest BCUT2D eigenvalue weighted by Crippen LogP contribution is 2.33. The van der Waals surface area contributed by atoms with Crippen molar-refractivity contribution in [1.82, 2.24) is 10.2 Å². The Hall–Kier alpha value is -3.42. The number of hydrogen-bond acceptors (Lipinski definition) is 5. The molecule has 3 heterocycles. The van der Waals surface area contributed by atoms with Gasteiger partial charge in [-0.1, -0.05) is 36.4 Å². The van der Waals surface area contributed by atoms with E-state index in [1.807, 2.05) is 18.2 Å². The van der Waals surface area contributed by atoms with Gasteiger partial charge in [0.2, 0.25) is 11.7 Å². The molecule has 0 radical (unpaired) electrons. The number of carbonyl (C=O) groups is 1. The largest absolute Gasteiger partial charge is 0.471 e. The summed E-state index contributed by atoms with van der Waals surface area (Å²) in [7, 11) is 0. The molecule has 3 aliphatic rings. The van der Waals surface area contributed by atoms with Crippen LogP contribution in [0.25, 0.3) is 10.8 Å². The van der Waals surface area contributed by atoms with Crippen molar-refractivity contribution in [2.45, 2.75) is 31.4 Å². The third kappa shape index (κ3) is 5.20. The number of likely N-dealkylation sites (tertiary alicyclic amines) is 1. The van der Waals surface area contributed by atoms with Crippen LogP contribution in [0.4, 0.5) is 5.69 Å². The monoisotopic (exact) mass is 500 g/mol. The van der Waals surface area contributed by atoms with Crippen molar-refractivity contribution in [2.75, 3.05) is 44.2 Å². The molecule has 3 aliphatic heterocycles.